The van der Waals surface area contributed by atoms with Gasteiger partial charge in [-0.25, -0.2) is 0 Å². The van der Waals surface area contributed by atoms with E-state index in [-0.39, 0.29) is 11.8 Å². The van der Waals surface area contributed by atoms with Crippen LogP contribution >= 0.6 is 0 Å². The van der Waals surface area contributed by atoms with Gasteiger partial charge in [-0.3, -0.25) is 9.78 Å². The molecule has 6 heteroatoms. The zero-order chi connectivity index (χ0) is 26.3. The van der Waals surface area contributed by atoms with Crippen molar-refractivity contribution >= 4 is 16.8 Å². The Morgan fingerprint density at radius 3 is 2.47 bits per heavy atom. The number of fused-ring (bicyclic) bond motifs is 1. The molecule has 2 heterocycles. The normalized spacial score (nSPS) is 11.7. The van der Waals surface area contributed by atoms with E-state index in [1.165, 1.54) is 0 Å². The summed E-state index contributed by atoms with van der Waals surface area (Å²) in [4.78, 5) is 17.3. The minimum Gasteiger partial charge on any atom is -0.493 e. The Labute approximate surface area is 222 Å². The van der Waals surface area contributed by atoms with Crippen LogP contribution in [0.15, 0.2) is 104 Å². The van der Waals surface area contributed by atoms with Crippen molar-refractivity contribution in [2.75, 3.05) is 7.11 Å². The van der Waals surface area contributed by atoms with E-state index in [1.807, 2.05) is 79.8 Å². The van der Waals surface area contributed by atoms with Gasteiger partial charge in [-0.05, 0) is 52.6 Å². The predicted octanol–water partition coefficient (Wildman–Crippen LogP) is 6.00. The number of carbonyl (C=O) groups is 1. The number of aromatic nitrogens is 2. The van der Waals surface area contributed by atoms with Crippen molar-refractivity contribution in [2.45, 2.75) is 25.5 Å². The Balaban J connectivity index is 1.44. The van der Waals surface area contributed by atoms with Crippen molar-refractivity contribution in [1.82, 2.24) is 14.9 Å². The van der Waals surface area contributed by atoms with Crippen molar-refractivity contribution in [3.05, 3.63) is 126 Å². The molecule has 1 unspecified atom stereocenters. The van der Waals surface area contributed by atoms with Gasteiger partial charge in [-0.2, -0.15) is 0 Å². The number of pyridine rings is 1. The first kappa shape index (κ1) is 25.1. The molecule has 2 aromatic heterocycles. The molecular formula is C32H31N3O3. The average molecular weight is 506 g/mol. The van der Waals surface area contributed by atoms with Gasteiger partial charge in [0.25, 0.3) is 0 Å². The number of ether oxygens (including phenoxy) is 2. The maximum Gasteiger partial charge on any atom is 0.221 e. The quantitative estimate of drug-likeness (QED) is 0.253. The third-order valence-electron chi connectivity index (χ3n) is 6.76. The van der Waals surface area contributed by atoms with Crippen LogP contribution in [-0.4, -0.2) is 22.6 Å². The monoisotopic (exact) mass is 505 g/mol. The zero-order valence-electron chi connectivity index (χ0n) is 21.6. The van der Waals surface area contributed by atoms with Crippen LogP contribution in [0.4, 0.5) is 0 Å². The van der Waals surface area contributed by atoms with Gasteiger partial charge >= 0.3 is 0 Å². The van der Waals surface area contributed by atoms with E-state index in [0.717, 1.165) is 33.2 Å². The molecule has 1 amide bonds. The van der Waals surface area contributed by atoms with Crippen molar-refractivity contribution in [1.29, 1.82) is 0 Å². The van der Waals surface area contributed by atoms with Gasteiger partial charge in [0.15, 0.2) is 11.5 Å². The number of hydrogen-bond donors (Lipinski definition) is 1. The minimum atomic E-state index is -0.171. The van der Waals surface area contributed by atoms with Crippen LogP contribution in [0.1, 0.15) is 34.6 Å². The Morgan fingerprint density at radius 2 is 1.68 bits per heavy atom. The molecule has 0 aliphatic rings. The molecule has 5 rings (SSSR count). The number of nitrogens with zero attached hydrogens (tertiary/aromatic N) is 2. The summed E-state index contributed by atoms with van der Waals surface area (Å²) in [6, 6.07) is 28.1. The fraction of sp³-hybridized carbons (Fsp3) is 0.188. The highest BCUT2D eigenvalue weighted by atomic mass is 16.5. The Hall–Kier alpha value is -4.58. The Morgan fingerprint density at radius 1 is 0.921 bits per heavy atom. The first-order chi connectivity index (χ1) is 18.6. The number of carbonyl (C=O) groups excluding carboxylic acids is 1. The lowest BCUT2D eigenvalue weighted by molar-refractivity contribution is -0.121. The topological polar surface area (TPSA) is 65.4 Å². The molecule has 6 nitrogen and oxygen atoms in total. The third-order valence-corrected chi connectivity index (χ3v) is 6.76. The van der Waals surface area contributed by atoms with Crippen LogP contribution in [0.5, 0.6) is 11.5 Å². The molecule has 0 aliphatic carbocycles. The van der Waals surface area contributed by atoms with Crippen LogP contribution in [0.2, 0.25) is 0 Å². The highest BCUT2D eigenvalue weighted by Crippen LogP contribution is 2.38. The molecule has 0 saturated heterocycles. The summed E-state index contributed by atoms with van der Waals surface area (Å²) in [7, 11) is 3.68. The lowest BCUT2D eigenvalue weighted by Crippen LogP contribution is -2.25. The molecular weight excluding hydrogens is 474 g/mol. The molecule has 192 valence electrons. The number of methoxy groups -OCH3 is 1. The molecule has 0 spiro atoms. The molecule has 0 bridgehead atoms. The summed E-state index contributed by atoms with van der Waals surface area (Å²) in [5.41, 5.74) is 5.31. The number of rotatable bonds is 10. The van der Waals surface area contributed by atoms with Crippen molar-refractivity contribution in [3.8, 4) is 11.5 Å². The summed E-state index contributed by atoms with van der Waals surface area (Å²) in [6.07, 6.45) is 5.88. The summed E-state index contributed by atoms with van der Waals surface area (Å²) in [5.74, 6) is 1.11. The number of aryl methyl sites for hydroxylation is 1. The molecule has 5 aromatic rings. The Bertz CT molecular complexity index is 1510. The zero-order valence-corrected chi connectivity index (χ0v) is 21.6. The smallest absolute Gasteiger partial charge is 0.221 e. The van der Waals surface area contributed by atoms with Crippen LogP contribution in [0, 0.1) is 0 Å². The minimum absolute atomic E-state index is 0.0249. The van der Waals surface area contributed by atoms with E-state index < -0.39 is 0 Å². The molecule has 0 radical (unpaired) electrons. The highest BCUT2D eigenvalue weighted by molar-refractivity contribution is 5.86. The number of hydrogen-bond acceptors (Lipinski definition) is 4. The molecule has 38 heavy (non-hydrogen) atoms. The highest BCUT2D eigenvalue weighted by Gasteiger charge is 2.23. The molecule has 0 fully saturated rings. The fourth-order valence-electron chi connectivity index (χ4n) is 4.77. The lowest BCUT2D eigenvalue weighted by atomic mass is 9.87. The number of para-hydroxylation sites is 1. The number of nitrogens with one attached hydrogen (secondary N) is 1. The summed E-state index contributed by atoms with van der Waals surface area (Å²) < 4.78 is 13.9. The second-order valence-electron chi connectivity index (χ2n) is 9.29. The van der Waals surface area contributed by atoms with E-state index in [4.69, 9.17) is 9.47 Å². The fourth-order valence-corrected chi connectivity index (χ4v) is 4.77. The second-order valence-corrected chi connectivity index (χ2v) is 9.29. The molecule has 3 aromatic carbocycles. The summed E-state index contributed by atoms with van der Waals surface area (Å²) >= 11 is 0. The first-order valence-electron chi connectivity index (χ1n) is 12.7. The van der Waals surface area contributed by atoms with Gasteiger partial charge in [0.1, 0.15) is 6.61 Å². The number of amides is 1. The van der Waals surface area contributed by atoms with E-state index in [9.17, 15) is 4.79 Å². The van der Waals surface area contributed by atoms with Gasteiger partial charge in [-0.1, -0.05) is 54.6 Å². The van der Waals surface area contributed by atoms with Gasteiger partial charge in [0.2, 0.25) is 5.91 Å². The van der Waals surface area contributed by atoms with E-state index in [0.29, 0.717) is 31.1 Å². The Kier molecular flexibility index (Phi) is 7.69. The van der Waals surface area contributed by atoms with Gasteiger partial charge in [0.05, 0.1) is 7.11 Å². The lowest BCUT2D eigenvalue weighted by Gasteiger charge is -2.19. The van der Waals surface area contributed by atoms with Gasteiger partial charge < -0.3 is 19.4 Å². The van der Waals surface area contributed by atoms with E-state index >= 15 is 0 Å². The van der Waals surface area contributed by atoms with Gasteiger partial charge in [-0.15, -0.1) is 0 Å². The number of benzene rings is 3. The largest absolute Gasteiger partial charge is 0.493 e. The third kappa shape index (κ3) is 5.70. The summed E-state index contributed by atoms with van der Waals surface area (Å²) in [5, 5.41) is 4.20. The molecule has 0 aliphatic heterocycles. The van der Waals surface area contributed by atoms with Crippen molar-refractivity contribution < 1.29 is 14.3 Å². The van der Waals surface area contributed by atoms with E-state index in [2.05, 4.69) is 33.2 Å². The molecule has 1 atom stereocenters. The second kappa shape index (κ2) is 11.6. The first-order valence-corrected chi connectivity index (χ1v) is 12.7. The predicted molar refractivity (Wildman–Crippen MR) is 149 cm³/mol. The van der Waals surface area contributed by atoms with Crippen LogP contribution in [-0.2, 0) is 25.0 Å². The standard InChI is InChI=1S/C32H31N3O3/c1-35-21-28(26-10-6-7-11-29(26)35)27(19-32(36)34-20-23-14-16-33-17-15-23)25-12-13-30(31(18-25)37-2)38-22-24-8-4-3-5-9-24/h3-18,21,27H,19-20,22H2,1-2H3,(H,34,36). The van der Waals surface area contributed by atoms with E-state index in [1.54, 1.807) is 19.5 Å². The van der Waals surface area contributed by atoms with Crippen LogP contribution in [0.3, 0.4) is 0 Å². The van der Waals surface area contributed by atoms with Crippen molar-refractivity contribution in [2.24, 2.45) is 7.05 Å². The average Bonchev–Trinajstić information content (AvgIpc) is 3.31. The molecule has 1 N–H and O–H groups in total. The molecule has 0 saturated carbocycles. The van der Waals surface area contributed by atoms with Crippen LogP contribution < -0.4 is 14.8 Å². The maximum absolute atomic E-state index is 13.2. The summed E-state index contributed by atoms with van der Waals surface area (Å²) in [6.45, 7) is 0.903. The van der Waals surface area contributed by atoms with Crippen LogP contribution in [0.25, 0.3) is 10.9 Å². The SMILES string of the molecule is COc1cc(C(CC(=O)NCc2ccncc2)c2cn(C)c3ccccc23)ccc1OCc1ccccc1. The van der Waals surface area contributed by atoms with Crippen molar-refractivity contribution in [3.63, 3.8) is 0 Å². The maximum atomic E-state index is 13.2. The van der Waals surface area contributed by atoms with Gasteiger partial charge in [0, 0.05) is 55.4 Å².